The van der Waals surface area contributed by atoms with Gasteiger partial charge in [-0.05, 0) is 25.0 Å². The number of hydrogen-bond donors (Lipinski definition) is 0. The Morgan fingerprint density at radius 1 is 1.11 bits per heavy atom. The number of carbonyl (C=O) groups is 1. The number of carbonyl (C=O) groups excluding carboxylic acids is 1. The standard InChI is InChI=1S/C17H15NO/c1-12-8-9-15(13(2)10-12)17(19)16(11-18)14-6-4-3-5-7-14/h3-10,16H,1-2H3. The highest BCUT2D eigenvalue weighted by molar-refractivity contribution is 6.03. The molecule has 0 aliphatic rings. The van der Waals surface area contributed by atoms with E-state index in [0.29, 0.717) is 5.56 Å². The van der Waals surface area contributed by atoms with Crippen LogP contribution in [0.25, 0.3) is 0 Å². The summed E-state index contributed by atoms with van der Waals surface area (Å²) in [5, 5.41) is 9.29. The van der Waals surface area contributed by atoms with Crippen molar-refractivity contribution in [3.8, 4) is 6.07 Å². The molecule has 0 bridgehead atoms. The van der Waals surface area contributed by atoms with Crippen LogP contribution in [0.3, 0.4) is 0 Å². The average molecular weight is 249 g/mol. The maximum Gasteiger partial charge on any atom is 0.184 e. The average Bonchev–Trinajstić information content (AvgIpc) is 2.40. The zero-order valence-electron chi connectivity index (χ0n) is 11.1. The lowest BCUT2D eigenvalue weighted by atomic mass is 9.89. The van der Waals surface area contributed by atoms with Crippen molar-refractivity contribution in [2.24, 2.45) is 0 Å². The summed E-state index contributed by atoms with van der Waals surface area (Å²) in [5.41, 5.74) is 3.40. The number of Topliss-reactive ketones (excluding diaryl/α,β-unsaturated/α-hetero) is 1. The molecule has 0 saturated heterocycles. The van der Waals surface area contributed by atoms with E-state index in [1.54, 1.807) is 6.07 Å². The predicted octanol–water partition coefficient (Wildman–Crippen LogP) is 3.79. The van der Waals surface area contributed by atoms with Crippen molar-refractivity contribution in [3.05, 3.63) is 70.8 Å². The van der Waals surface area contributed by atoms with Crippen molar-refractivity contribution in [2.45, 2.75) is 19.8 Å². The highest BCUT2D eigenvalue weighted by atomic mass is 16.1. The molecule has 2 nitrogen and oxygen atoms in total. The van der Waals surface area contributed by atoms with E-state index < -0.39 is 5.92 Å². The lowest BCUT2D eigenvalue weighted by Gasteiger charge is -2.11. The third-order valence-corrected chi connectivity index (χ3v) is 3.17. The van der Waals surface area contributed by atoms with Gasteiger partial charge < -0.3 is 0 Å². The van der Waals surface area contributed by atoms with Gasteiger partial charge in [-0.2, -0.15) is 5.26 Å². The molecule has 0 aliphatic carbocycles. The second-order valence-corrected chi connectivity index (χ2v) is 4.66. The first-order chi connectivity index (χ1) is 9.13. The fourth-order valence-electron chi connectivity index (χ4n) is 2.18. The van der Waals surface area contributed by atoms with E-state index >= 15 is 0 Å². The molecule has 0 spiro atoms. The van der Waals surface area contributed by atoms with Crippen molar-refractivity contribution >= 4 is 5.78 Å². The number of hydrogen-bond acceptors (Lipinski definition) is 2. The second-order valence-electron chi connectivity index (χ2n) is 4.66. The molecule has 0 saturated carbocycles. The minimum Gasteiger partial charge on any atom is -0.292 e. The predicted molar refractivity (Wildman–Crippen MR) is 75.0 cm³/mol. The number of nitrogens with zero attached hydrogens (tertiary/aromatic N) is 1. The Bertz CT molecular complexity index is 638. The van der Waals surface area contributed by atoms with Crippen molar-refractivity contribution in [2.75, 3.05) is 0 Å². The van der Waals surface area contributed by atoms with E-state index in [1.807, 2.05) is 56.3 Å². The minimum absolute atomic E-state index is 0.133. The summed E-state index contributed by atoms with van der Waals surface area (Å²) in [7, 11) is 0. The molecular formula is C17H15NO. The Labute approximate surface area is 113 Å². The highest BCUT2D eigenvalue weighted by Gasteiger charge is 2.22. The monoisotopic (exact) mass is 249 g/mol. The van der Waals surface area contributed by atoms with Gasteiger partial charge in [0, 0.05) is 5.56 Å². The second kappa shape index (κ2) is 5.49. The highest BCUT2D eigenvalue weighted by Crippen LogP contribution is 2.22. The van der Waals surface area contributed by atoms with Crippen molar-refractivity contribution < 1.29 is 4.79 Å². The van der Waals surface area contributed by atoms with Crippen LogP contribution in [-0.4, -0.2) is 5.78 Å². The molecule has 0 aromatic heterocycles. The van der Waals surface area contributed by atoms with E-state index in [1.165, 1.54) is 0 Å². The molecule has 19 heavy (non-hydrogen) atoms. The molecule has 1 unspecified atom stereocenters. The van der Waals surface area contributed by atoms with Gasteiger partial charge in [0.05, 0.1) is 6.07 Å². The Morgan fingerprint density at radius 3 is 2.37 bits per heavy atom. The van der Waals surface area contributed by atoms with E-state index in [0.717, 1.165) is 16.7 Å². The molecule has 2 aromatic rings. The van der Waals surface area contributed by atoms with Crippen LogP contribution in [0, 0.1) is 25.2 Å². The molecule has 0 amide bonds. The molecule has 2 heteroatoms. The maximum atomic E-state index is 12.5. The molecule has 0 aliphatic heterocycles. The van der Waals surface area contributed by atoms with Gasteiger partial charge in [0.1, 0.15) is 5.92 Å². The first kappa shape index (κ1) is 13.0. The molecule has 2 aromatic carbocycles. The quantitative estimate of drug-likeness (QED) is 0.776. The number of benzene rings is 2. The van der Waals surface area contributed by atoms with Gasteiger partial charge in [-0.3, -0.25) is 4.79 Å². The summed E-state index contributed by atoms with van der Waals surface area (Å²) in [4.78, 5) is 12.5. The van der Waals surface area contributed by atoms with Crippen LogP contribution in [0.1, 0.15) is 33.0 Å². The zero-order chi connectivity index (χ0) is 13.8. The van der Waals surface area contributed by atoms with Crippen LogP contribution in [0.15, 0.2) is 48.5 Å². The summed E-state index contributed by atoms with van der Waals surface area (Å²) < 4.78 is 0. The van der Waals surface area contributed by atoms with Gasteiger partial charge in [-0.25, -0.2) is 0 Å². The molecule has 94 valence electrons. The van der Waals surface area contributed by atoms with Gasteiger partial charge >= 0.3 is 0 Å². The summed E-state index contributed by atoms with van der Waals surface area (Å²) in [6.45, 7) is 3.89. The van der Waals surface area contributed by atoms with E-state index in [9.17, 15) is 10.1 Å². The summed E-state index contributed by atoms with van der Waals surface area (Å²) in [6.07, 6.45) is 0. The third-order valence-electron chi connectivity index (χ3n) is 3.17. The van der Waals surface area contributed by atoms with Crippen LogP contribution in [0.4, 0.5) is 0 Å². The first-order valence-electron chi connectivity index (χ1n) is 6.19. The fourth-order valence-corrected chi connectivity index (χ4v) is 2.18. The Hall–Kier alpha value is -2.40. The molecule has 0 heterocycles. The van der Waals surface area contributed by atoms with Crippen molar-refractivity contribution in [1.29, 1.82) is 5.26 Å². The first-order valence-corrected chi connectivity index (χ1v) is 6.19. The Kier molecular flexibility index (Phi) is 3.77. The zero-order valence-corrected chi connectivity index (χ0v) is 11.1. The Balaban J connectivity index is 2.40. The SMILES string of the molecule is Cc1ccc(C(=O)C(C#N)c2ccccc2)c(C)c1. The number of aryl methyl sites for hydroxylation is 2. The van der Waals surface area contributed by atoms with Crippen LogP contribution in [-0.2, 0) is 0 Å². The lowest BCUT2D eigenvalue weighted by Crippen LogP contribution is -2.12. The van der Waals surface area contributed by atoms with Crippen molar-refractivity contribution in [1.82, 2.24) is 0 Å². The lowest BCUT2D eigenvalue weighted by molar-refractivity contribution is 0.0978. The molecular weight excluding hydrogens is 234 g/mol. The topological polar surface area (TPSA) is 40.9 Å². The molecule has 0 fully saturated rings. The number of rotatable bonds is 3. The van der Waals surface area contributed by atoms with Crippen LogP contribution < -0.4 is 0 Å². The van der Waals surface area contributed by atoms with Gasteiger partial charge in [0.15, 0.2) is 5.78 Å². The van der Waals surface area contributed by atoms with Crippen LogP contribution in [0.5, 0.6) is 0 Å². The normalized spacial score (nSPS) is 11.6. The smallest absolute Gasteiger partial charge is 0.184 e. The Morgan fingerprint density at radius 2 is 1.79 bits per heavy atom. The van der Waals surface area contributed by atoms with Crippen LogP contribution >= 0.6 is 0 Å². The summed E-state index contributed by atoms with van der Waals surface area (Å²) >= 11 is 0. The maximum absolute atomic E-state index is 12.5. The largest absolute Gasteiger partial charge is 0.292 e. The van der Waals surface area contributed by atoms with E-state index in [4.69, 9.17) is 0 Å². The number of nitriles is 1. The van der Waals surface area contributed by atoms with Gasteiger partial charge in [-0.1, -0.05) is 54.1 Å². The summed E-state index contributed by atoms with van der Waals surface area (Å²) in [6, 6.07) is 17.0. The van der Waals surface area contributed by atoms with Crippen LogP contribution in [0.2, 0.25) is 0 Å². The molecule has 1 atom stereocenters. The third kappa shape index (κ3) is 2.71. The minimum atomic E-state index is -0.734. The molecule has 0 radical (unpaired) electrons. The molecule has 0 N–H and O–H groups in total. The van der Waals surface area contributed by atoms with Gasteiger partial charge in [-0.15, -0.1) is 0 Å². The van der Waals surface area contributed by atoms with Gasteiger partial charge in [0.25, 0.3) is 0 Å². The fraction of sp³-hybridized carbons (Fsp3) is 0.176. The summed E-state index contributed by atoms with van der Waals surface area (Å²) in [5.74, 6) is -0.867. The van der Waals surface area contributed by atoms with E-state index in [-0.39, 0.29) is 5.78 Å². The van der Waals surface area contributed by atoms with Crippen molar-refractivity contribution in [3.63, 3.8) is 0 Å². The van der Waals surface area contributed by atoms with Gasteiger partial charge in [0.2, 0.25) is 0 Å². The molecule has 2 rings (SSSR count). The van der Waals surface area contributed by atoms with E-state index in [2.05, 4.69) is 6.07 Å². The number of ketones is 1.